The molecule has 5 rings (SSSR count). The standard InChI is InChI=1S/C32H30N2/c1-7-23-17-27(25-13-9-11-19(3)15-25)33-31-29(23)21(5)22(6)30-24(8-2)18-28(34-32(30)31)26-14-10-12-20(4)16-26/h9-18H,5-8H2,1-4H3. The van der Waals surface area contributed by atoms with Crippen molar-refractivity contribution in [3.8, 4) is 22.5 Å². The van der Waals surface area contributed by atoms with Crippen LogP contribution in [-0.2, 0) is 12.8 Å². The van der Waals surface area contributed by atoms with Crippen LogP contribution in [0.25, 0.3) is 57.5 Å². The van der Waals surface area contributed by atoms with E-state index in [1.165, 1.54) is 22.3 Å². The number of fused-ring (bicyclic) bond motifs is 3. The Balaban J connectivity index is 1.96. The number of aryl methyl sites for hydroxylation is 4. The Labute approximate surface area is 201 Å². The number of benzene rings is 3. The topological polar surface area (TPSA) is 25.8 Å². The second kappa shape index (κ2) is 8.53. The average Bonchev–Trinajstić information content (AvgIpc) is 2.85. The van der Waals surface area contributed by atoms with Crippen molar-refractivity contribution in [1.29, 1.82) is 0 Å². The summed E-state index contributed by atoms with van der Waals surface area (Å²) in [5.41, 5.74) is 11.0. The number of rotatable bonds is 4. The molecule has 0 N–H and O–H groups in total. The molecule has 2 nitrogen and oxygen atoms in total. The van der Waals surface area contributed by atoms with Crippen LogP contribution in [0, 0.1) is 13.8 Å². The molecule has 0 saturated heterocycles. The van der Waals surface area contributed by atoms with Gasteiger partial charge < -0.3 is 0 Å². The highest BCUT2D eigenvalue weighted by atomic mass is 14.8. The first-order chi connectivity index (χ1) is 16.4. The van der Waals surface area contributed by atoms with Crippen LogP contribution in [-0.4, -0.2) is 9.97 Å². The van der Waals surface area contributed by atoms with Gasteiger partial charge in [-0.2, -0.15) is 0 Å². The first-order valence-electron chi connectivity index (χ1n) is 12.0. The van der Waals surface area contributed by atoms with E-state index in [0.717, 1.165) is 67.6 Å². The third kappa shape index (κ3) is 3.60. The summed E-state index contributed by atoms with van der Waals surface area (Å²) in [4.78, 5) is 10.4. The van der Waals surface area contributed by atoms with Crippen molar-refractivity contribution >= 4 is 35.0 Å². The number of pyridine rings is 2. The van der Waals surface area contributed by atoms with Gasteiger partial charge in [-0.15, -0.1) is 0 Å². The maximum atomic E-state index is 5.22. The van der Waals surface area contributed by atoms with Gasteiger partial charge in [0.25, 0.3) is 0 Å². The average molecular weight is 443 g/mol. The van der Waals surface area contributed by atoms with Crippen LogP contribution in [0.15, 0.2) is 60.7 Å². The summed E-state index contributed by atoms with van der Waals surface area (Å²) >= 11 is 0. The molecule has 0 aliphatic heterocycles. The number of hydrogen-bond donors (Lipinski definition) is 0. The lowest BCUT2D eigenvalue weighted by atomic mass is 9.94. The summed E-state index contributed by atoms with van der Waals surface area (Å²) in [6, 6.07) is 21.5. The van der Waals surface area contributed by atoms with Crippen LogP contribution >= 0.6 is 0 Å². The Morgan fingerprint density at radius 2 is 1.03 bits per heavy atom. The molecule has 0 bridgehead atoms. The minimum absolute atomic E-state index is 0.892. The molecular formula is C32H30N2. The molecule has 34 heavy (non-hydrogen) atoms. The van der Waals surface area contributed by atoms with Crippen molar-refractivity contribution < 1.29 is 0 Å². The predicted octanol–water partition coefficient (Wildman–Crippen LogP) is 6.68. The summed E-state index contributed by atoms with van der Waals surface area (Å²) in [5, 5.41) is 4.10. The van der Waals surface area contributed by atoms with Gasteiger partial charge in [-0.3, -0.25) is 0 Å². The highest BCUT2D eigenvalue weighted by Crippen LogP contribution is 2.30. The quantitative estimate of drug-likeness (QED) is 0.290. The van der Waals surface area contributed by atoms with Gasteiger partial charge in [-0.1, -0.05) is 74.5 Å². The minimum atomic E-state index is 0.892. The molecule has 0 unspecified atom stereocenters. The van der Waals surface area contributed by atoms with Gasteiger partial charge in [0.15, 0.2) is 0 Å². The van der Waals surface area contributed by atoms with Gasteiger partial charge in [0.05, 0.1) is 22.4 Å². The zero-order valence-corrected chi connectivity index (χ0v) is 20.5. The van der Waals surface area contributed by atoms with Crippen molar-refractivity contribution in [1.82, 2.24) is 9.97 Å². The van der Waals surface area contributed by atoms with Gasteiger partial charge in [0, 0.05) is 21.9 Å². The van der Waals surface area contributed by atoms with Crippen LogP contribution in [0.5, 0.6) is 0 Å². The van der Waals surface area contributed by atoms with Crippen LogP contribution in [0.4, 0.5) is 0 Å². The summed E-state index contributed by atoms with van der Waals surface area (Å²) in [6.45, 7) is 17.5. The Morgan fingerprint density at radius 3 is 1.38 bits per heavy atom. The van der Waals surface area contributed by atoms with E-state index in [9.17, 15) is 0 Å². The zero-order valence-electron chi connectivity index (χ0n) is 20.5. The van der Waals surface area contributed by atoms with E-state index in [1.54, 1.807) is 0 Å². The fourth-order valence-corrected chi connectivity index (χ4v) is 4.98. The smallest absolute Gasteiger partial charge is 0.0981 e. The lowest BCUT2D eigenvalue weighted by Crippen LogP contribution is -2.26. The third-order valence-corrected chi connectivity index (χ3v) is 6.78. The van der Waals surface area contributed by atoms with Gasteiger partial charge >= 0.3 is 0 Å². The van der Waals surface area contributed by atoms with Crippen LogP contribution < -0.4 is 10.4 Å². The number of aromatic nitrogens is 2. The van der Waals surface area contributed by atoms with Gasteiger partial charge in [0.1, 0.15) is 0 Å². The van der Waals surface area contributed by atoms with E-state index in [-0.39, 0.29) is 0 Å². The monoisotopic (exact) mass is 442 g/mol. The highest BCUT2D eigenvalue weighted by Gasteiger charge is 2.16. The molecule has 0 saturated carbocycles. The first-order valence-corrected chi connectivity index (χ1v) is 12.0. The molecule has 5 aromatic rings. The maximum Gasteiger partial charge on any atom is 0.0981 e. The third-order valence-electron chi connectivity index (χ3n) is 6.78. The molecule has 2 aromatic heterocycles. The molecule has 2 heterocycles. The Kier molecular flexibility index (Phi) is 5.53. The summed E-state index contributed by atoms with van der Waals surface area (Å²) < 4.78 is 0. The molecule has 0 amide bonds. The Bertz CT molecular complexity index is 1550. The molecule has 0 aliphatic carbocycles. The molecule has 0 fully saturated rings. The molecular weight excluding hydrogens is 412 g/mol. The van der Waals surface area contributed by atoms with Gasteiger partial charge in [0.2, 0.25) is 0 Å². The Morgan fingerprint density at radius 1 is 0.618 bits per heavy atom. The van der Waals surface area contributed by atoms with Crippen LogP contribution in [0.3, 0.4) is 0 Å². The SMILES string of the molecule is C=c1c(=C)c2c(CC)cc(-c3cccc(C)c3)nc2c2nc(-c3cccc(C)c3)cc(CC)c12. The zero-order chi connectivity index (χ0) is 24.0. The Hall–Kier alpha value is -3.78. The van der Waals surface area contributed by atoms with E-state index in [0.29, 0.717) is 0 Å². The molecule has 3 aromatic carbocycles. The summed E-state index contributed by atoms with van der Waals surface area (Å²) in [6.07, 6.45) is 1.78. The summed E-state index contributed by atoms with van der Waals surface area (Å²) in [7, 11) is 0. The highest BCUT2D eigenvalue weighted by molar-refractivity contribution is 6.07. The van der Waals surface area contributed by atoms with E-state index < -0.39 is 0 Å². The van der Waals surface area contributed by atoms with Crippen molar-refractivity contribution in [2.45, 2.75) is 40.5 Å². The van der Waals surface area contributed by atoms with Crippen molar-refractivity contribution in [3.63, 3.8) is 0 Å². The van der Waals surface area contributed by atoms with E-state index in [2.05, 4.69) is 102 Å². The van der Waals surface area contributed by atoms with E-state index in [4.69, 9.17) is 9.97 Å². The van der Waals surface area contributed by atoms with Gasteiger partial charge in [-0.05, 0) is 72.5 Å². The van der Waals surface area contributed by atoms with Crippen molar-refractivity contribution in [2.24, 2.45) is 0 Å². The summed E-state index contributed by atoms with van der Waals surface area (Å²) in [5.74, 6) is 0. The molecule has 0 spiro atoms. The first kappa shape index (κ1) is 22.0. The number of hydrogen-bond acceptors (Lipinski definition) is 2. The fraction of sp³-hybridized carbons (Fsp3) is 0.188. The molecule has 0 atom stereocenters. The predicted molar refractivity (Wildman–Crippen MR) is 146 cm³/mol. The molecule has 0 radical (unpaired) electrons. The van der Waals surface area contributed by atoms with E-state index >= 15 is 0 Å². The van der Waals surface area contributed by atoms with E-state index in [1.807, 2.05) is 0 Å². The lowest BCUT2D eigenvalue weighted by molar-refractivity contribution is 1.14. The van der Waals surface area contributed by atoms with Crippen LogP contribution in [0.1, 0.15) is 36.1 Å². The second-order valence-electron chi connectivity index (χ2n) is 9.18. The van der Waals surface area contributed by atoms with Crippen molar-refractivity contribution in [3.05, 3.63) is 93.4 Å². The maximum absolute atomic E-state index is 5.22. The number of nitrogens with zero attached hydrogens (tertiary/aromatic N) is 2. The second-order valence-corrected chi connectivity index (χ2v) is 9.18. The minimum Gasteiger partial charge on any atom is -0.245 e. The molecule has 2 heteroatoms. The van der Waals surface area contributed by atoms with Crippen molar-refractivity contribution in [2.75, 3.05) is 0 Å². The lowest BCUT2D eigenvalue weighted by Gasteiger charge is -2.15. The van der Waals surface area contributed by atoms with Crippen LogP contribution in [0.2, 0.25) is 0 Å². The largest absolute Gasteiger partial charge is 0.245 e. The molecule has 0 aliphatic rings. The fourth-order valence-electron chi connectivity index (χ4n) is 4.98. The molecule has 168 valence electrons. The van der Waals surface area contributed by atoms with Gasteiger partial charge in [-0.25, -0.2) is 9.97 Å². The normalized spacial score (nSPS) is 11.4.